The predicted molar refractivity (Wildman–Crippen MR) is 71.5 cm³/mol. The second-order valence-corrected chi connectivity index (χ2v) is 5.96. The van der Waals surface area contributed by atoms with Crippen LogP contribution in [-0.4, -0.2) is 34.1 Å². The van der Waals surface area contributed by atoms with Crippen LogP contribution in [0.3, 0.4) is 0 Å². The fourth-order valence-corrected chi connectivity index (χ4v) is 3.12. The largest absolute Gasteiger partial charge is 0.470 e. The first-order valence-corrected chi connectivity index (χ1v) is 7.56. The summed E-state index contributed by atoms with van der Waals surface area (Å²) < 4.78 is 42.2. The van der Waals surface area contributed by atoms with E-state index in [1.807, 2.05) is 5.38 Å². The lowest BCUT2D eigenvalue weighted by Gasteiger charge is -2.30. The number of carbonyl (C=O) groups is 1. The Labute approximate surface area is 127 Å². The first-order chi connectivity index (χ1) is 10.4. The molecule has 1 amide bonds. The van der Waals surface area contributed by atoms with Gasteiger partial charge >= 0.3 is 12.1 Å². The minimum Gasteiger partial charge on any atom is -0.417 e. The normalized spacial score (nSPS) is 19.4. The van der Waals surface area contributed by atoms with Gasteiger partial charge in [-0.2, -0.15) is 13.2 Å². The Morgan fingerprint density at radius 3 is 2.86 bits per heavy atom. The van der Waals surface area contributed by atoms with Crippen molar-refractivity contribution in [2.75, 3.05) is 13.1 Å². The maximum absolute atomic E-state index is 12.5. The molecule has 2 aromatic rings. The Morgan fingerprint density at radius 2 is 2.23 bits per heavy atom. The van der Waals surface area contributed by atoms with Gasteiger partial charge in [0.15, 0.2) is 0 Å². The number of halogens is 3. The second kappa shape index (κ2) is 5.71. The van der Waals surface area contributed by atoms with Gasteiger partial charge in [-0.15, -0.1) is 21.5 Å². The third kappa shape index (κ3) is 2.99. The average molecular weight is 331 g/mol. The highest BCUT2D eigenvalue weighted by Crippen LogP contribution is 2.32. The standard InChI is InChI=1S/C13H12F3N3O2S/c14-13(15,16)12-18-17-10(21-12)8-3-1-5-19(7-8)11(20)9-4-2-6-22-9/h2,4,6,8H,1,3,5,7H2/t8-/m1/s1. The predicted octanol–water partition coefficient (Wildman–Crippen LogP) is 3.17. The van der Waals surface area contributed by atoms with E-state index in [1.54, 1.807) is 17.0 Å². The number of likely N-dealkylation sites (tertiary alicyclic amines) is 1. The molecular weight excluding hydrogens is 319 g/mol. The number of aromatic nitrogens is 2. The summed E-state index contributed by atoms with van der Waals surface area (Å²) in [6.45, 7) is 0.865. The molecule has 1 saturated heterocycles. The van der Waals surface area contributed by atoms with Gasteiger partial charge in [0.25, 0.3) is 5.91 Å². The minimum atomic E-state index is -4.65. The number of alkyl halides is 3. The van der Waals surface area contributed by atoms with Crippen LogP contribution in [-0.2, 0) is 6.18 Å². The summed E-state index contributed by atoms with van der Waals surface area (Å²) in [5.41, 5.74) is 0. The summed E-state index contributed by atoms with van der Waals surface area (Å²) in [5.74, 6) is -1.88. The van der Waals surface area contributed by atoms with Crippen molar-refractivity contribution in [1.82, 2.24) is 15.1 Å². The fraction of sp³-hybridized carbons (Fsp3) is 0.462. The number of amides is 1. The molecule has 3 heterocycles. The highest BCUT2D eigenvalue weighted by Gasteiger charge is 2.39. The van der Waals surface area contributed by atoms with Crippen molar-refractivity contribution in [3.63, 3.8) is 0 Å². The van der Waals surface area contributed by atoms with Crippen molar-refractivity contribution >= 4 is 17.2 Å². The first kappa shape index (κ1) is 15.0. The lowest BCUT2D eigenvalue weighted by Crippen LogP contribution is -2.38. The summed E-state index contributed by atoms with van der Waals surface area (Å²) in [4.78, 5) is 14.5. The SMILES string of the molecule is O=C(c1cccs1)N1CCC[C@@H](c2nnc(C(F)(F)F)o2)C1. The number of thiophene rings is 1. The van der Waals surface area contributed by atoms with Crippen LogP contribution in [0.2, 0.25) is 0 Å². The van der Waals surface area contributed by atoms with E-state index in [1.165, 1.54) is 11.3 Å². The van der Waals surface area contributed by atoms with E-state index in [4.69, 9.17) is 4.42 Å². The number of hydrogen-bond acceptors (Lipinski definition) is 5. The summed E-state index contributed by atoms with van der Waals surface area (Å²) in [7, 11) is 0. The molecule has 22 heavy (non-hydrogen) atoms. The van der Waals surface area contributed by atoms with Crippen LogP contribution in [0, 0.1) is 0 Å². The van der Waals surface area contributed by atoms with Gasteiger partial charge in [0.1, 0.15) is 0 Å². The van der Waals surface area contributed by atoms with E-state index >= 15 is 0 Å². The van der Waals surface area contributed by atoms with E-state index in [0.717, 1.165) is 0 Å². The van der Waals surface area contributed by atoms with Crippen LogP contribution in [0.15, 0.2) is 21.9 Å². The Kier molecular flexibility index (Phi) is 3.90. The molecule has 1 aliphatic heterocycles. The monoisotopic (exact) mass is 331 g/mol. The van der Waals surface area contributed by atoms with Crippen LogP contribution >= 0.6 is 11.3 Å². The third-order valence-corrected chi connectivity index (χ3v) is 4.33. The molecule has 1 aliphatic rings. The van der Waals surface area contributed by atoms with Crippen molar-refractivity contribution < 1.29 is 22.4 Å². The number of rotatable bonds is 2. The summed E-state index contributed by atoms with van der Waals surface area (Å²) in [6, 6.07) is 3.51. The average Bonchev–Trinajstić information content (AvgIpc) is 3.17. The molecule has 0 radical (unpaired) electrons. The number of nitrogens with zero attached hydrogens (tertiary/aromatic N) is 3. The van der Waals surface area contributed by atoms with Gasteiger partial charge < -0.3 is 9.32 Å². The van der Waals surface area contributed by atoms with Gasteiger partial charge in [0.05, 0.1) is 10.8 Å². The van der Waals surface area contributed by atoms with E-state index in [9.17, 15) is 18.0 Å². The minimum absolute atomic E-state index is 0.0593. The molecule has 5 nitrogen and oxygen atoms in total. The van der Waals surface area contributed by atoms with Gasteiger partial charge in [0, 0.05) is 13.1 Å². The van der Waals surface area contributed by atoms with Crippen molar-refractivity contribution in [1.29, 1.82) is 0 Å². The topological polar surface area (TPSA) is 59.2 Å². The smallest absolute Gasteiger partial charge is 0.417 e. The zero-order valence-corrected chi connectivity index (χ0v) is 12.2. The molecule has 0 spiro atoms. The molecule has 0 aromatic carbocycles. The van der Waals surface area contributed by atoms with Crippen LogP contribution in [0.1, 0.15) is 40.2 Å². The van der Waals surface area contributed by atoms with Crippen LogP contribution in [0.4, 0.5) is 13.2 Å². The summed E-state index contributed by atoms with van der Waals surface area (Å²) in [6.07, 6.45) is -3.34. The van der Waals surface area contributed by atoms with E-state index in [2.05, 4.69) is 10.2 Å². The number of carbonyl (C=O) groups excluding carboxylic acids is 1. The first-order valence-electron chi connectivity index (χ1n) is 6.68. The number of hydrogen-bond donors (Lipinski definition) is 0. The van der Waals surface area contributed by atoms with Crippen molar-refractivity contribution in [3.8, 4) is 0 Å². The lowest BCUT2D eigenvalue weighted by molar-refractivity contribution is -0.157. The van der Waals surface area contributed by atoms with Crippen LogP contribution < -0.4 is 0 Å². The van der Waals surface area contributed by atoms with E-state index in [-0.39, 0.29) is 24.3 Å². The molecule has 3 rings (SSSR count). The third-order valence-electron chi connectivity index (χ3n) is 3.47. The molecule has 0 N–H and O–H groups in total. The fourth-order valence-electron chi connectivity index (χ4n) is 2.43. The van der Waals surface area contributed by atoms with Gasteiger partial charge in [-0.1, -0.05) is 6.07 Å². The van der Waals surface area contributed by atoms with Crippen LogP contribution in [0.25, 0.3) is 0 Å². The molecule has 9 heteroatoms. The molecule has 1 fully saturated rings. The molecule has 0 bridgehead atoms. The summed E-state index contributed by atoms with van der Waals surface area (Å²) in [5, 5.41) is 8.34. The molecule has 0 saturated carbocycles. The molecule has 0 unspecified atom stereocenters. The highest BCUT2D eigenvalue weighted by atomic mass is 32.1. The van der Waals surface area contributed by atoms with Crippen molar-refractivity contribution in [3.05, 3.63) is 34.2 Å². The van der Waals surface area contributed by atoms with Crippen molar-refractivity contribution in [2.24, 2.45) is 0 Å². The summed E-state index contributed by atoms with van der Waals surface area (Å²) >= 11 is 1.34. The Bertz CT molecular complexity index is 654. The second-order valence-electron chi connectivity index (χ2n) is 5.01. The van der Waals surface area contributed by atoms with Gasteiger partial charge in [-0.05, 0) is 24.3 Å². The maximum Gasteiger partial charge on any atom is 0.470 e. The molecule has 1 atom stereocenters. The Balaban J connectivity index is 1.73. The molecular formula is C13H12F3N3O2S. The number of piperidine rings is 1. The van der Waals surface area contributed by atoms with Gasteiger partial charge in [0.2, 0.25) is 5.89 Å². The zero-order chi connectivity index (χ0) is 15.7. The van der Waals surface area contributed by atoms with Crippen molar-refractivity contribution in [2.45, 2.75) is 24.9 Å². The highest BCUT2D eigenvalue weighted by molar-refractivity contribution is 7.12. The van der Waals surface area contributed by atoms with Gasteiger partial charge in [-0.25, -0.2) is 0 Å². The van der Waals surface area contributed by atoms with Gasteiger partial charge in [-0.3, -0.25) is 4.79 Å². The maximum atomic E-state index is 12.5. The molecule has 118 valence electrons. The Hall–Kier alpha value is -1.90. The lowest BCUT2D eigenvalue weighted by atomic mass is 9.98. The molecule has 2 aromatic heterocycles. The van der Waals surface area contributed by atoms with E-state index < -0.39 is 12.1 Å². The van der Waals surface area contributed by atoms with E-state index in [0.29, 0.717) is 24.3 Å². The molecule has 0 aliphatic carbocycles. The van der Waals surface area contributed by atoms with Crippen LogP contribution in [0.5, 0.6) is 0 Å². The quantitative estimate of drug-likeness (QED) is 0.848. The zero-order valence-electron chi connectivity index (χ0n) is 11.3. The Morgan fingerprint density at radius 1 is 1.41 bits per heavy atom.